The third-order valence-electron chi connectivity index (χ3n) is 6.84. The Balaban J connectivity index is 1.38. The van der Waals surface area contributed by atoms with Crippen molar-refractivity contribution in [3.05, 3.63) is 47.5 Å². The van der Waals surface area contributed by atoms with E-state index in [0.29, 0.717) is 0 Å². The molecule has 0 atom stereocenters. The van der Waals surface area contributed by atoms with Gasteiger partial charge in [0.2, 0.25) is 0 Å². The Morgan fingerprint density at radius 2 is 1.54 bits per heavy atom. The van der Waals surface area contributed by atoms with Gasteiger partial charge in [-0.3, -0.25) is 0 Å². The van der Waals surface area contributed by atoms with Crippen molar-refractivity contribution in [2.24, 2.45) is 23.7 Å². The molecule has 0 aromatic heterocycles. The molecule has 0 saturated heterocycles. The van der Waals surface area contributed by atoms with Gasteiger partial charge in [0.1, 0.15) is 0 Å². The monoisotopic (exact) mass is 360 g/mol. The van der Waals surface area contributed by atoms with E-state index in [1.165, 1.54) is 63.5 Å². The number of halogens is 2. The van der Waals surface area contributed by atoms with Crippen molar-refractivity contribution in [1.29, 1.82) is 0 Å². The first-order chi connectivity index (χ1) is 12.7. The van der Waals surface area contributed by atoms with Gasteiger partial charge in [-0.1, -0.05) is 38.0 Å². The van der Waals surface area contributed by atoms with Crippen LogP contribution >= 0.6 is 0 Å². The average Bonchev–Trinajstić information content (AvgIpc) is 2.68. The fraction of sp³-hybridized carbons (Fsp3) is 0.667. The lowest BCUT2D eigenvalue weighted by Crippen LogP contribution is -2.25. The van der Waals surface area contributed by atoms with E-state index >= 15 is 0 Å². The molecule has 0 spiro atoms. The summed E-state index contributed by atoms with van der Waals surface area (Å²) >= 11 is 0. The van der Waals surface area contributed by atoms with Gasteiger partial charge in [-0.15, -0.1) is 0 Å². The maximum atomic E-state index is 13.3. The van der Waals surface area contributed by atoms with Gasteiger partial charge in [-0.25, -0.2) is 8.78 Å². The molecule has 0 bridgehead atoms. The molecule has 1 aromatic rings. The molecular formula is C24H34F2. The summed E-state index contributed by atoms with van der Waals surface area (Å²) in [6.45, 7) is 2.22. The Hall–Kier alpha value is -1.18. The summed E-state index contributed by atoms with van der Waals surface area (Å²) in [6.07, 6.45) is 19.0. The zero-order chi connectivity index (χ0) is 18.4. The van der Waals surface area contributed by atoms with Crippen LogP contribution in [0.3, 0.4) is 0 Å². The van der Waals surface area contributed by atoms with Crippen LogP contribution in [0.4, 0.5) is 8.78 Å². The zero-order valence-electron chi connectivity index (χ0n) is 16.2. The lowest BCUT2D eigenvalue weighted by molar-refractivity contribution is 0.152. The molecule has 0 nitrogen and oxygen atoms in total. The number of aryl methyl sites for hydroxylation is 1. The third-order valence-corrected chi connectivity index (χ3v) is 6.84. The Labute approximate surface area is 158 Å². The molecule has 0 unspecified atom stereocenters. The Morgan fingerprint density at radius 1 is 0.885 bits per heavy atom. The van der Waals surface area contributed by atoms with E-state index in [1.54, 1.807) is 6.07 Å². The summed E-state index contributed by atoms with van der Waals surface area (Å²) < 4.78 is 26.3. The second-order valence-electron chi connectivity index (χ2n) is 8.58. The molecule has 0 radical (unpaired) electrons. The molecule has 2 saturated carbocycles. The van der Waals surface area contributed by atoms with Crippen molar-refractivity contribution in [3.63, 3.8) is 0 Å². The smallest absolute Gasteiger partial charge is 0.159 e. The Kier molecular flexibility index (Phi) is 7.28. The van der Waals surface area contributed by atoms with Gasteiger partial charge < -0.3 is 0 Å². The van der Waals surface area contributed by atoms with Gasteiger partial charge >= 0.3 is 0 Å². The first kappa shape index (κ1) is 19.6. The molecule has 144 valence electrons. The summed E-state index contributed by atoms with van der Waals surface area (Å²) in [6, 6.07) is 4.36. The van der Waals surface area contributed by atoms with Gasteiger partial charge in [-0.05, 0) is 99.2 Å². The van der Waals surface area contributed by atoms with E-state index in [4.69, 9.17) is 0 Å². The highest BCUT2D eigenvalue weighted by atomic mass is 19.2. The van der Waals surface area contributed by atoms with E-state index in [9.17, 15) is 8.78 Å². The molecule has 2 aliphatic carbocycles. The van der Waals surface area contributed by atoms with Gasteiger partial charge in [0.05, 0.1) is 0 Å². The third kappa shape index (κ3) is 5.41. The van der Waals surface area contributed by atoms with Crippen LogP contribution in [0.2, 0.25) is 0 Å². The van der Waals surface area contributed by atoms with E-state index < -0.39 is 11.6 Å². The number of rotatable bonds is 6. The first-order valence-corrected chi connectivity index (χ1v) is 10.8. The van der Waals surface area contributed by atoms with Crippen LogP contribution in [0.1, 0.15) is 76.7 Å². The molecule has 2 aliphatic rings. The number of hydrogen-bond donors (Lipinski definition) is 0. The van der Waals surface area contributed by atoms with Crippen LogP contribution in [0.5, 0.6) is 0 Å². The number of hydrogen-bond acceptors (Lipinski definition) is 0. The molecular weight excluding hydrogens is 326 g/mol. The minimum atomic E-state index is -0.742. The average molecular weight is 361 g/mol. The summed E-state index contributed by atoms with van der Waals surface area (Å²) in [5, 5.41) is 0. The van der Waals surface area contributed by atoms with Gasteiger partial charge in [0.25, 0.3) is 0 Å². The predicted octanol–water partition coefficient (Wildman–Crippen LogP) is 7.48. The Bertz CT molecular complexity index is 576. The predicted molar refractivity (Wildman–Crippen MR) is 105 cm³/mol. The maximum absolute atomic E-state index is 13.3. The van der Waals surface area contributed by atoms with Crippen molar-refractivity contribution < 1.29 is 8.78 Å². The van der Waals surface area contributed by atoms with Gasteiger partial charge in [-0.2, -0.15) is 0 Å². The van der Waals surface area contributed by atoms with Crippen LogP contribution in [0.25, 0.3) is 0 Å². The fourth-order valence-electron chi connectivity index (χ4n) is 5.15. The maximum Gasteiger partial charge on any atom is 0.159 e. The molecule has 2 fully saturated rings. The standard InChI is InChI=1S/C24H34F2/c1-2-3-4-18-7-12-21(13-8-18)22-14-9-19(10-15-22)5-6-20-11-16-23(25)24(26)17-20/h3-4,11,16-19,21-22H,2,5-10,12-15H2,1H3. The van der Waals surface area contributed by atoms with Crippen LogP contribution in [-0.2, 0) is 6.42 Å². The topological polar surface area (TPSA) is 0 Å². The quantitative estimate of drug-likeness (QED) is 0.461. The lowest BCUT2D eigenvalue weighted by Gasteiger charge is -2.37. The van der Waals surface area contributed by atoms with E-state index in [2.05, 4.69) is 19.1 Å². The van der Waals surface area contributed by atoms with Crippen molar-refractivity contribution in [2.45, 2.75) is 77.6 Å². The second kappa shape index (κ2) is 9.67. The molecule has 0 aliphatic heterocycles. The number of benzene rings is 1. The molecule has 0 N–H and O–H groups in total. The minimum absolute atomic E-state index is 0.712. The van der Waals surface area contributed by atoms with E-state index in [0.717, 1.165) is 48.5 Å². The fourth-order valence-corrected chi connectivity index (χ4v) is 5.15. The SMILES string of the molecule is CCC=CC1CCC(C2CCC(CCc3ccc(F)c(F)c3)CC2)CC1. The highest BCUT2D eigenvalue weighted by molar-refractivity contribution is 5.17. The molecule has 26 heavy (non-hydrogen) atoms. The summed E-state index contributed by atoms with van der Waals surface area (Å²) in [5.74, 6) is 2.03. The highest BCUT2D eigenvalue weighted by Crippen LogP contribution is 2.42. The number of allylic oxidation sites excluding steroid dienone is 2. The Morgan fingerprint density at radius 3 is 2.15 bits per heavy atom. The first-order valence-electron chi connectivity index (χ1n) is 10.8. The van der Waals surface area contributed by atoms with Crippen LogP contribution in [-0.4, -0.2) is 0 Å². The highest BCUT2D eigenvalue weighted by Gasteiger charge is 2.30. The van der Waals surface area contributed by atoms with Gasteiger partial charge in [0, 0.05) is 0 Å². The van der Waals surface area contributed by atoms with E-state index in [1.807, 2.05) is 0 Å². The second-order valence-corrected chi connectivity index (χ2v) is 8.58. The molecule has 0 amide bonds. The largest absolute Gasteiger partial charge is 0.204 e. The molecule has 2 heteroatoms. The van der Waals surface area contributed by atoms with Crippen LogP contribution in [0, 0.1) is 35.3 Å². The molecule has 0 heterocycles. The van der Waals surface area contributed by atoms with Crippen molar-refractivity contribution in [1.82, 2.24) is 0 Å². The normalized spacial score (nSPS) is 30.0. The van der Waals surface area contributed by atoms with Crippen molar-refractivity contribution >= 4 is 0 Å². The van der Waals surface area contributed by atoms with Crippen molar-refractivity contribution in [2.75, 3.05) is 0 Å². The zero-order valence-corrected chi connectivity index (χ0v) is 16.2. The van der Waals surface area contributed by atoms with Crippen LogP contribution in [0.15, 0.2) is 30.4 Å². The summed E-state index contributed by atoms with van der Waals surface area (Å²) in [4.78, 5) is 0. The van der Waals surface area contributed by atoms with Gasteiger partial charge in [0.15, 0.2) is 11.6 Å². The minimum Gasteiger partial charge on any atom is -0.204 e. The van der Waals surface area contributed by atoms with Crippen LogP contribution < -0.4 is 0 Å². The summed E-state index contributed by atoms with van der Waals surface area (Å²) in [5.41, 5.74) is 0.935. The van der Waals surface area contributed by atoms with Crippen molar-refractivity contribution in [3.8, 4) is 0 Å². The molecule has 3 rings (SSSR count). The molecule has 1 aromatic carbocycles. The summed E-state index contributed by atoms with van der Waals surface area (Å²) in [7, 11) is 0. The lowest BCUT2D eigenvalue weighted by atomic mass is 9.68. The van der Waals surface area contributed by atoms with E-state index in [-0.39, 0.29) is 0 Å².